The van der Waals surface area contributed by atoms with Crippen LogP contribution in [0.1, 0.15) is 54.0 Å². The number of aromatic nitrogens is 4. The van der Waals surface area contributed by atoms with Crippen molar-refractivity contribution in [1.82, 2.24) is 19.6 Å². The number of nitrogens with zero attached hydrogens (tertiary/aromatic N) is 5. The van der Waals surface area contributed by atoms with E-state index in [1.165, 1.54) is 5.69 Å². The number of aryl methyl sites for hydroxylation is 5. The molecule has 7 nitrogen and oxygen atoms in total. The number of benzene rings is 1. The maximum Gasteiger partial charge on any atom is 0.224 e. The summed E-state index contributed by atoms with van der Waals surface area (Å²) in [7, 11) is 0. The highest BCUT2D eigenvalue weighted by molar-refractivity contribution is 5.93. The first-order chi connectivity index (χ1) is 16.2. The molecule has 4 aromatic rings. The number of anilines is 2. The van der Waals surface area contributed by atoms with Gasteiger partial charge in [-0.3, -0.25) is 4.79 Å². The van der Waals surface area contributed by atoms with Crippen molar-refractivity contribution in [1.29, 1.82) is 0 Å². The summed E-state index contributed by atoms with van der Waals surface area (Å²) in [5.41, 5.74) is 9.70. The van der Waals surface area contributed by atoms with Crippen LogP contribution in [-0.2, 0) is 11.2 Å². The van der Waals surface area contributed by atoms with E-state index in [1.54, 1.807) is 0 Å². The molecule has 3 aromatic heterocycles. The second-order valence-corrected chi connectivity index (χ2v) is 9.00. The number of nitrogens with one attached hydrogen (secondary N) is 1. The average molecular weight is 459 g/mol. The Labute approximate surface area is 201 Å². The zero-order valence-corrected chi connectivity index (χ0v) is 21.3. The molecule has 0 atom stereocenters. The van der Waals surface area contributed by atoms with Crippen molar-refractivity contribution in [2.45, 2.75) is 61.3 Å². The van der Waals surface area contributed by atoms with Crippen molar-refractivity contribution in [2.24, 2.45) is 0 Å². The fourth-order valence-electron chi connectivity index (χ4n) is 4.75. The van der Waals surface area contributed by atoms with Crippen molar-refractivity contribution < 1.29 is 4.79 Å². The van der Waals surface area contributed by atoms with Crippen molar-refractivity contribution >= 4 is 34.0 Å². The fraction of sp³-hybridized carbons (Fsp3) is 0.407. The van der Waals surface area contributed by atoms with E-state index in [0.717, 1.165) is 63.6 Å². The lowest BCUT2D eigenvalue weighted by molar-refractivity contribution is -0.116. The zero-order valence-electron chi connectivity index (χ0n) is 21.3. The van der Waals surface area contributed by atoms with Gasteiger partial charge in [0.1, 0.15) is 0 Å². The van der Waals surface area contributed by atoms with Gasteiger partial charge >= 0.3 is 0 Å². The van der Waals surface area contributed by atoms with E-state index in [2.05, 4.69) is 54.2 Å². The van der Waals surface area contributed by atoms with E-state index in [1.807, 2.05) is 38.3 Å². The predicted molar refractivity (Wildman–Crippen MR) is 139 cm³/mol. The van der Waals surface area contributed by atoms with Crippen LogP contribution in [0.4, 0.5) is 11.4 Å². The lowest BCUT2D eigenvalue weighted by atomic mass is 10.1. The highest BCUT2D eigenvalue weighted by Gasteiger charge is 2.17. The van der Waals surface area contributed by atoms with Gasteiger partial charge in [0.05, 0.1) is 5.39 Å². The third-order valence-electron chi connectivity index (χ3n) is 6.62. The van der Waals surface area contributed by atoms with Gasteiger partial charge in [-0.05, 0) is 95.8 Å². The maximum absolute atomic E-state index is 12.8. The Bertz CT molecular complexity index is 1380. The smallest absolute Gasteiger partial charge is 0.224 e. The van der Waals surface area contributed by atoms with Gasteiger partial charge in [-0.2, -0.15) is 0 Å². The Hall–Kier alpha value is -3.48. The minimum atomic E-state index is -0.00338. The minimum Gasteiger partial charge on any atom is -0.372 e. The van der Waals surface area contributed by atoms with Crippen LogP contribution >= 0.6 is 0 Å². The van der Waals surface area contributed by atoms with Crippen LogP contribution in [0.5, 0.6) is 0 Å². The maximum atomic E-state index is 12.8. The molecule has 0 unspecified atom stereocenters. The number of carbonyl (C=O) groups is 1. The number of fused-ring (bicyclic) bond motifs is 3. The Morgan fingerprint density at radius 3 is 2.41 bits per heavy atom. The van der Waals surface area contributed by atoms with Crippen molar-refractivity contribution in [3.63, 3.8) is 0 Å². The van der Waals surface area contributed by atoms with Gasteiger partial charge in [-0.1, -0.05) is 0 Å². The predicted octanol–water partition coefficient (Wildman–Crippen LogP) is 5.24. The number of hydrogen-bond donors (Lipinski definition) is 1. The molecule has 178 valence electrons. The van der Waals surface area contributed by atoms with Gasteiger partial charge in [-0.25, -0.2) is 14.5 Å². The number of pyridine rings is 1. The van der Waals surface area contributed by atoms with Crippen LogP contribution in [-0.4, -0.2) is 38.6 Å². The normalized spacial score (nSPS) is 11.4. The topological polar surface area (TPSA) is 75.4 Å². The molecule has 0 fully saturated rings. The molecule has 7 heteroatoms. The first-order valence-corrected chi connectivity index (χ1v) is 12.0. The summed E-state index contributed by atoms with van der Waals surface area (Å²) in [6.45, 7) is 16.3. The van der Waals surface area contributed by atoms with Crippen LogP contribution in [0, 0.1) is 34.6 Å². The van der Waals surface area contributed by atoms with E-state index in [4.69, 9.17) is 10.1 Å². The minimum absolute atomic E-state index is 0.00338. The quantitative estimate of drug-likeness (QED) is 0.410. The highest BCUT2D eigenvalue weighted by Crippen LogP contribution is 2.26. The lowest BCUT2D eigenvalue weighted by Crippen LogP contribution is -2.22. The molecule has 0 saturated heterocycles. The van der Waals surface area contributed by atoms with Crippen LogP contribution < -0.4 is 10.2 Å². The Kier molecular flexibility index (Phi) is 6.55. The summed E-state index contributed by atoms with van der Waals surface area (Å²) in [6.07, 6.45) is 0.980. The van der Waals surface area contributed by atoms with E-state index in [9.17, 15) is 4.79 Å². The zero-order chi connectivity index (χ0) is 24.6. The van der Waals surface area contributed by atoms with E-state index >= 15 is 0 Å². The second-order valence-electron chi connectivity index (χ2n) is 9.00. The van der Waals surface area contributed by atoms with E-state index in [-0.39, 0.29) is 5.91 Å². The lowest BCUT2D eigenvalue weighted by Gasteiger charge is -2.22. The molecule has 3 heterocycles. The second kappa shape index (κ2) is 9.41. The molecule has 1 aromatic carbocycles. The van der Waals surface area contributed by atoms with Gasteiger partial charge in [0.25, 0.3) is 0 Å². The summed E-state index contributed by atoms with van der Waals surface area (Å²) in [5.74, 6) is -0.00338. The molecule has 0 aliphatic rings. The molecule has 0 aliphatic heterocycles. The van der Waals surface area contributed by atoms with E-state index < -0.39 is 0 Å². The molecule has 0 saturated carbocycles. The van der Waals surface area contributed by atoms with Gasteiger partial charge in [0, 0.05) is 48.0 Å². The molecule has 0 aliphatic carbocycles. The third-order valence-corrected chi connectivity index (χ3v) is 6.62. The van der Waals surface area contributed by atoms with Gasteiger partial charge < -0.3 is 10.2 Å². The third kappa shape index (κ3) is 4.34. The molecular formula is C27H34N6O. The molecule has 4 rings (SSSR count). The van der Waals surface area contributed by atoms with Crippen LogP contribution in [0.3, 0.4) is 0 Å². The molecular weight excluding hydrogens is 424 g/mol. The van der Waals surface area contributed by atoms with Crippen molar-refractivity contribution in [3.8, 4) is 0 Å². The summed E-state index contributed by atoms with van der Waals surface area (Å²) in [4.78, 5) is 24.5. The van der Waals surface area contributed by atoms with Gasteiger partial charge in [0.15, 0.2) is 11.3 Å². The SMILES string of the molecule is CCN(CC)c1ccc(NC(=O)CCc2c(C)nc3c4c(C)cc(C)nc4nn3c2C)c(C)c1. The van der Waals surface area contributed by atoms with Crippen LogP contribution in [0.15, 0.2) is 24.3 Å². The van der Waals surface area contributed by atoms with Crippen LogP contribution in [0.2, 0.25) is 0 Å². The summed E-state index contributed by atoms with van der Waals surface area (Å²) in [6, 6.07) is 8.26. The number of hydrogen-bond acceptors (Lipinski definition) is 5. The Morgan fingerprint density at radius 2 is 1.74 bits per heavy atom. The largest absolute Gasteiger partial charge is 0.372 e. The Morgan fingerprint density at radius 1 is 1.00 bits per heavy atom. The molecule has 0 spiro atoms. The van der Waals surface area contributed by atoms with E-state index in [0.29, 0.717) is 18.5 Å². The van der Waals surface area contributed by atoms with Crippen molar-refractivity contribution in [3.05, 3.63) is 58.0 Å². The highest BCUT2D eigenvalue weighted by atomic mass is 16.1. The molecule has 0 bridgehead atoms. The molecule has 1 N–H and O–H groups in total. The Balaban J connectivity index is 1.54. The first-order valence-electron chi connectivity index (χ1n) is 12.0. The van der Waals surface area contributed by atoms with Gasteiger partial charge in [-0.15, -0.1) is 5.10 Å². The number of carbonyl (C=O) groups excluding carboxylic acids is 1. The molecule has 34 heavy (non-hydrogen) atoms. The molecule has 1 amide bonds. The summed E-state index contributed by atoms with van der Waals surface area (Å²) < 4.78 is 1.88. The summed E-state index contributed by atoms with van der Waals surface area (Å²) >= 11 is 0. The van der Waals surface area contributed by atoms with Gasteiger partial charge in [0.2, 0.25) is 5.91 Å². The number of amides is 1. The fourth-order valence-corrected chi connectivity index (χ4v) is 4.75. The summed E-state index contributed by atoms with van der Waals surface area (Å²) in [5, 5.41) is 8.79. The first kappa shape index (κ1) is 23.7. The monoisotopic (exact) mass is 458 g/mol. The van der Waals surface area contributed by atoms with Crippen LogP contribution in [0.25, 0.3) is 16.7 Å². The average Bonchev–Trinajstić information content (AvgIpc) is 3.14. The molecule has 0 radical (unpaired) electrons. The van der Waals surface area contributed by atoms with Crippen molar-refractivity contribution in [2.75, 3.05) is 23.3 Å². The standard InChI is InChI=1S/C27H34N6O/c1-8-32(9-2)21-10-12-23(16(3)15-21)30-24(34)13-11-22-19(6)29-27-25-17(4)14-18(5)28-26(25)31-33(27)20(22)7/h10,12,14-15H,8-9,11,13H2,1-7H3,(H,30,34). The number of rotatable bonds is 7.